The second-order valence-electron chi connectivity index (χ2n) is 7.80. The number of benzene rings is 1. The highest BCUT2D eigenvalue weighted by Crippen LogP contribution is 2.40. The number of hydrogen-bond donors (Lipinski definition) is 2. The second kappa shape index (κ2) is 9.53. The average molecular weight is 427 g/mol. The lowest BCUT2D eigenvalue weighted by Gasteiger charge is -2.23. The van der Waals surface area contributed by atoms with Crippen LogP contribution in [-0.4, -0.2) is 37.6 Å². The Morgan fingerprint density at radius 2 is 2.07 bits per heavy atom. The van der Waals surface area contributed by atoms with Crippen molar-refractivity contribution in [2.24, 2.45) is 5.73 Å². The Bertz CT molecular complexity index is 957. The first-order chi connectivity index (χ1) is 14.7. The van der Waals surface area contributed by atoms with Gasteiger partial charge in [0.1, 0.15) is 17.0 Å². The van der Waals surface area contributed by atoms with Gasteiger partial charge < -0.3 is 24.7 Å². The molecule has 1 saturated heterocycles. The van der Waals surface area contributed by atoms with E-state index in [1.165, 1.54) is 43.8 Å². The summed E-state index contributed by atoms with van der Waals surface area (Å²) >= 11 is 1.68. The van der Waals surface area contributed by atoms with Gasteiger partial charge in [0.2, 0.25) is 0 Å². The van der Waals surface area contributed by atoms with E-state index in [1.807, 2.05) is 35.7 Å². The van der Waals surface area contributed by atoms with Crippen molar-refractivity contribution in [1.29, 1.82) is 5.41 Å². The lowest BCUT2D eigenvalue weighted by molar-refractivity contribution is 0.330. The molecule has 0 spiro atoms. The first kappa shape index (κ1) is 20.8. The molecule has 4 rings (SSSR count). The third-order valence-corrected chi connectivity index (χ3v) is 6.72. The average Bonchev–Trinajstić information content (AvgIpc) is 3.48. The summed E-state index contributed by atoms with van der Waals surface area (Å²) in [5, 5.41) is 11.3. The van der Waals surface area contributed by atoms with Gasteiger partial charge in [0.25, 0.3) is 0 Å². The number of methoxy groups -OCH3 is 1. The Hall–Kier alpha value is -2.51. The number of likely N-dealkylation sites (tertiary alicyclic amines) is 1. The van der Waals surface area contributed by atoms with E-state index in [-0.39, 0.29) is 5.96 Å². The molecule has 1 aliphatic rings. The monoisotopic (exact) mass is 426 g/mol. The Morgan fingerprint density at radius 1 is 1.27 bits per heavy atom. The highest BCUT2D eigenvalue weighted by molar-refractivity contribution is 7.11. The number of unbranched alkanes of at least 4 members (excludes halogenated alkanes) is 1. The minimum atomic E-state index is -0.00882. The van der Waals surface area contributed by atoms with Crippen molar-refractivity contribution < 1.29 is 9.15 Å². The molecule has 30 heavy (non-hydrogen) atoms. The predicted octanol–water partition coefficient (Wildman–Crippen LogP) is 4.82. The van der Waals surface area contributed by atoms with Gasteiger partial charge in [0.05, 0.1) is 13.7 Å². The standard InChI is InChI=1S/C23H30N4O2S/c1-28-20-16-30-21(10-4-5-11-26-12-6-7-13-26)22(20)27(23(24)25)15-18-14-17-8-2-3-9-19(17)29-18/h2-3,8-9,14,16H,4-7,10-13,15H2,1H3,(H3,24,25). The molecule has 3 aromatic rings. The molecule has 7 heteroatoms. The molecule has 0 radical (unpaired) electrons. The number of para-hydroxylation sites is 1. The van der Waals surface area contributed by atoms with Crippen LogP contribution in [0.5, 0.6) is 5.75 Å². The maximum absolute atomic E-state index is 8.21. The highest BCUT2D eigenvalue weighted by Gasteiger charge is 2.23. The van der Waals surface area contributed by atoms with Gasteiger partial charge in [-0.15, -0.1) is 11.3 Å². The lowest BCUT2D eigenvalue weighted by Crippen LogP contribution is -2.36. The fourth-order valence-corrected chi connectivity index (χ4v) is 5.20. The number of anilines is 1. The van der Waals surface area contributed by atoms with Gasteiger partial charge in [0.15, 0.2) is 11.7 Å². The topological polar surface area (TPSA) is 78.7 Å². The van der Waals surface area contributed by atoms with E-state index < -0.39 is 0 Å². The molecule has 0 unspecified atom stereocenters. The maximum Gasteiger partial charge on any atom is 0.193 e. The number of hydrogen-bond acceptors (Lipinski definition) is 5. The number of thiophene rings is 1. The minimum Gasteiger partial charge on any atom is -0.494 e. The zero-order valence-corrected chi connectivity index (χ0v) is 18.3. The molecule has 6 nitrogen and oxygen atoms in total. The normalized spacial score (nSPS) is 14.4. The number of furan rings is 1. The second-order valence-corrected chi connectivity index (χ2v) is 8.77. The molecule has 160 valence electrons. The first-order valence-corrected chi connectivity index (χ1v) is 11.5. The van der Waals surface area contributed by atoms with Crippen LogP contribution < -0.4 is 15.4 Å². The molecular weight excluding hydrogens is 396 g/mol. The summed E-state index contributed by atoms with van der Waals surface area (Å²) in [6.45, 7) is 4.06. The van der Waals surface area contributed by atoms with Crippen molar-refractivity contribution in [3.63, 3.8) is 0 Å². The molecular formula is C23H30N4O2S. The van der Waals surface area contributed by atoms with Crippen LogP contribution in [0.4, 0.5) is 5.69 Å². The molecule has 0 atom stereocenters. The van der Waals surface area contributed by atoms with Gasteiger partial charge in [-0.3, -0.25) is 5.41 Å². The Kier molecular flexibility index (Phi) is 6.59. The van der Waals surface area contributed by atoms with Gasteiger partial charge >= 0.3 is 0 Å². The number of aryl methyl sites for hydroxylation is 1. The van der Waals surface area contributed by atoms with Gasteiger partial charge in [0, 0.05) is 15.6 Å². The van der Waals surface area contributed by atoms with E-state index in [1.54, 1.807) is 23.3 Å². The minimum absolute atomic E-state index is 0.00882. The third kappa shape index (κ3) is 4.63. The fraction of sp³-hybridized carbons (Fsp3) is 0.435. The van der Waals surface area contributed by atoms with E-state index in [0.29, 0.717) is 6.54 Å². The van der Waals surface area contributed by atoms with Gasteiger partial charge in [-0.1, -0.05) is 18.2 Å². The fourth-order valence-electron chi connectivity index (χ4n) is 4.16. The zero-order valence-electron chi connectivity index (χ0n) is 17.5. The number of nitrogens with one attached hydrogen (secondary N) is 1. The van der Waals surface area contributed by atoms with Crippen LogP contribution in [0.25, 0.3) is 11.0 Å². The Morgan fingerprint density at radius 3 is 2.80 bits per heavy atom. The Balaban J connectivity index is 1.49. The van der Waals surface area contributed by atoms with Crippen molar-refractivity contribution in [3.8, 4) is 5.75 Å². The molecule has 2 aromatic heterocycles. The molecule has 3 N–H and O–H groups in total. The van der Waals surface area contributed by atoms with Crippen molar-refractivity contribution >= 4 is 34.0 Å². The van der Waals surface area contributed by atoms with Crippen LogP contribution in [0.15, 0.2) is 40.1 Å². The van der Waals surface area contributed by atoms with Crippen LogP contribution in [0.3, 0.4) is 0 Å². The van der Waals surface area contributed by atoms with Crippen LogP contribution >= 0.6 is 11.3 Å². The number of nitrogens with two attached hydrogens (primary N) is 1. The van der Waals surface area contributed by atoms with Crippen molar-refractivity contribution in [1.82, 2.24) is 4.90 Å². The van der Waals surface area contributed by atoms with E-state index in [2.05, 4.69) is 4.90 Å². The summed E-state index contributed by atoms with van der Waals surface area (Å²) in [6.07, 6.45) is 5.93. The van der Waals surface area contributed by atoms with Gasteiger partial charge in [-0.25, -0.2) is 0 Å². The molecule has 3 heterocycles. The molecule has 0 amide bonds. The highest BCUT2D eigenvalue weighted by atomic mass is 32.1. The van der Waals surface area contributed by atoms with E-state index in [9.17, 15) is 0 Å². The largest absolute Gasteiger partial charge is 0.494 e. The molecule has 0 saturated carbocycles. The molecule has 1 aliphatic heterocycles. The molecule has 0 aliphatic carbocycles. The van der Waals surface area contributed by atoms with Gasteiger partial charge in [-0.2, -0.15) is 0 Å². The SMILES string of the molecule is COc1csc(CCCCN2CCCC2)c1N(Cc1cc2ccccc2o1)C(=N)N. The summed E-state index contributed by atoms with van der Waals surface area (Å²) in [5.41, 5.74) is 7.75. The van der Waals surface area contributed by atoms with Crippen LogP contribution in [0.1, 0.15) is 36.3 Å². The molecule has 1 aromatic carbocycles. The number of nitrogens with zero attached hydrogens (tertiary/aromatic N) is 2. The van der Waals surface area contributed by atoms with Gasteiger partial charge in [-0.05, 0) is 63.9 Å². The predicted molar refractivity (Wildman–Crippen MR) is 124 cm³/mol. The summed E-state index contributed by atoms with van der Waals surface area (Å²) in [4.78, 5) is 5.56. The number of rotatable bonds is 9. The Labute approximate surface area is 181 Å². The van der Waals surface area contributed by atoms with Crippen LogP contribution in [0.2, 0.25) is 0 Å². The summed E-state index contributed by atoms with van der Waals surface area (Å²) in [6, 6.07) is 9.94. The zero-order chi connectivity index (χ0) is 20.9. The summed E-state index contributed by atoms with van der Waals surface area (Å²) in [5.74, 6) is 1.53. The first-order valence-electron chi connectivity index (χ1n) is 10.6. The summed E-state index contributed by atoms with van der Waals surface area (Å²) < 4.78 is 11.6. The lowest BCUT2D eigenvalue weighted by atomic mass is 10.1. The quantitative estimate of drug-likeness (QED) is 0.291. The van der Waals surface area contributed by atoms with Crippen molar-refractivity contribution in [3.05, 3.63) is 46.3 Å². The smallest absolute Gasteiger partial charge is 0.193 e. The molecule has 1 fully saturated rings. The summed E-state index contributed by atoms with van der Waals surface area (Å²) in [7, 11) is 1.67. The van der Waals surface area contributed by atoms with Crippen molar-refractivity contribution in [2.75, 3.05) is 31.6 Å². The maximum atomic E-state index is 8.21. The van der Waals surface area contributed by atoms with E-state index in [0.717, 1.165) is 41.0 Å². The van der Waals surface area contributed by atoms with Crippen LogP contribution in [-0.2, 0) is 13.0 Å². The van der Waals surface area contributed by atoms with Crippen LogP contribution in [0, 0.1) is 5.41 Å². The van der Waals surface area contributed by atoms with Crippen molar-refractivity contribution in [2.45, 2.75) is 38.6 Å². The number of guanidine groups is 1. The number of fused-ring (bicyclic) bond motifs is 1. The molecule has 0 bridgehead atoms. The third-order valence-electron chi connectivity index (χ3n) is 5.70. The van der Waals surface area contributed by atoms with E-state index in [4.69, 9.17) is 20.3 Å². The van der Waals surface area contributed by atoms with E-state index >= 15 is 0 Å². The number of ether oxygens (including phenoxy) is 1.